The highest BCUT2D eigenvalue weighted by Crippen LogP contribution is 2.26. The summed E-state index contributed by atoms with van der Waals surface area (Å²) in [6.07, 6.45) is 5.82. The topological polar surface area (TPSA) is 29.9 Å². The summed E-state index contributed by atoms with van der Waals surface area (Å²) in [4.78, 5) is 4.39. The lowest BCUT2D eigenvalue weighted by Gasteiger charge is -2.14. The first-order valence-electron chi connectivity index (χ1n) is 6.66. The molecule has 2 aromatic rings. The van der Waals surface area contributed by atoms with Gasteiger partial charge in [-0.15, -0.1) is 0 Å². The van der Waals surface area contributed by atoms with Crippen LogP contribution in [0.1, 0.15) is 37.7 Å². The minimum Gasteiger partial charge on any atom is -0.313 e. The van der Waals surface area contributed by atoms with Crippen LogP contribution in [0, 0.1) is 0 Å². The quantitative estimate of drug-likeness (QED) is 0.902. The van der Waals surface area contributed by atoms with Gasteiger partial charge in [-0.1, -0.05) is 24.6 Å². The number of imidazole rings is 1. The third-order valence-electron chi connectivity index (χ3n) is 3.36. The van der Waals surface area contributed by atoms with Gasteiger partial charge in [0.2, 0.25) is 0 Å². The van der Waals surface area contributed by atoms with Crippen LogP contribution in [-0.2, 0) is 6.42 Å². The highest BCUT2D eigenvalue weighted by molar-refractivity contribution is 6.32. The van der Waals surface area contributed by atoms with Gasteiger partial charge in [-0.05, 0) is 38.1 Å². The number of hydrogen-bond donors (Lipinski definition) is 1. The van der Waals surface area contributed by atoms with Crippen LogP contribution in [0.3, 0.4) is 0 Å². The molecule has 1 unspecified atom stereocenters. The molecule has 102 valence electrons. The molecule has 0 aliphatic heterocycles. The Kier molecular flexibility index (Phi) is 4.61. The van der Waals surface area contributed by atoms with Gasteiger partial charge in [-0.25, -0.2) is 4.98 Å². The second-order valence-corrected chi connectivity index (χ2v) is 5.09. The van der Waals surface area contributed by atoms with Crippen LogP contribution < -0.4 is 5.32 Å². The Labute approximate surface area is 119 Å². The molecule has 4 heteroatoms. The summed E-state index contributed by atoms with van der Waals surface area (Å²) in [7, 11) is 1.95. The van der Waals surface area contributed by atoms with Gasteiger partial charge in [0.25, 0.3) is 0 Å². The molecule has 0 aliphatic carbocycles. The fraction of sp³-hybridized carbons (Fsp3) is 0.400. The SMILES string of the molecule is CCCc1nccn1-c1ccc(C(C)NC)cc1Cl. The van der Waals surface area contributed by atoms with Gasteiger partial charge in [0, 0.05) is 24.9 Å². The Morgan fingerprint density at radius 1 is 1.42 bits per heavy atom. The van der Waals surface area contributed by atoms with Crippen LogP contribution >= 0.6 is 11.6 Å². The van der Waals surface area contributed by atoms with E-state index in [0.29, 0.717) is 6.04 Å². The maximum atomic E-state index is 6.42. The van der Waals surface area contributed by atoms with E-state index in [4.69, 9.17) is 11.6 Å². The van der Waals surface area contributed by atoms with Crippen LogP contribution in [0.5, 0.6) is 0 Å². The summed E-state index contributed by atoms with van der Waals surface area (Å²) < 4.78 is 2.07. The molecular formula is C15H20ClN3. The zero-order chi connectivity index (χ0) is 13.8. The van der Waals surface area contributed by atoms with Crippen LogP contribution in [0.4, 0.5) is 0 Å². The molecule has 19 heavy (non-hydrogen) atoms. The maximum absolute atomic E-state index is 6.42. The van der Waals surface area contributed by atoms with E-state index in [9.17, 15) is 0 Å². The Morgan fingerprint density at radius 2 is 2.21 bits per heavy atom. The van der Waals surface area contributed by atoms with E-state index in [-0.39, 0.29) is 0 Å². The van der Waals surface area contributed by atoms with Crippen molar-refractivity contribution in [1.82, 2.24) is 14.9 Å². The van der Waals surface area contributed by atoms with Crippen molar-refractivity contribution in [3.63, 3.8) is 0 Å². The van der Waals surface area contributed by atoms with Gasteiger partial charge >= 0.3 is 0 Å². The van der Waals surface area contributed by atoms with Gasteiger partial charge < -0.3 is 9.88 Å². The Morgan fingerprint density at radius 3 is 2.84 bits per heavy atom. The molecule has 1 aromatic heterocycles. The number of benzene rings is 1. The molecule has 0 radical (unpaired) electrons. The monoisotopic (exact) mass is 277 g/mol. The molecule has 0 aliphatic rings. The minimum atomic E-state index is 0.296. The first kappa shape index (κ1) is 14.1. The molecule has 1 heterocycles. The number of nitrogens with zero attached hydrogens (tertiary/aromatic N) is 2. The number of nitrogens with one attached hydrogen (secondary N) is 1. The van der Waals surface area contributed by atoms with Crippen molar-refractivity contribution in [3.05, 3.63) is 47.0 Å². The summed E-state index contributed by atoms with van der Waals surface area (Å²) in [6.45, 7) is 4.27. The summed E-state index contributed by atoms with van der Waals surface area (Å²) in [5.41, 5.74) is 2.18. The molecule has 0 amide bonds. The second-order valence-electron chi connectivity index (χ2n) is 4.68. The van der Waals surface area contributed by atoms with Crippen molar-refractivity contribution in [2.45, 2.75) is 32.7 Å². The Balaban J connectivity index is 2.37. The lowest BCUT2D eigenvalue weighted by molar-refractivity contribution is 0.652. The van der Waals surface area contributed by atoms with E-state index in [1.54, 1.807) is 0 Å². The molecule has 1 atom stereocenters. The third kappa shape index (κ3) is 2.99. The van der Waals surface area contributed by atoms with Crippen molar-refractivity contribution >= 4 is 11.6 Å². The molecular weight excluding hydrogens is 258 g/mol. The first-order chi connectivity index (χ1) is 9.17. The van der Waals surface area contributed by atoms with E-state index < -0.39 is 0 Å². The smallest absolute Gasteiger partial charge is 0.113 e. The second kappa shape index (κ2) is 6.22. The lowest BCUT2D eigenvalue weighted by Crippen LogP contribution is -2.12. The Bertz CT molecular complexity index is 548. The highest BCUT2D eigenvalue weighted by atomic mass is 35.5. The highest BCUT2D eigenvalue weighted by Gasteiger charge is 2.10. The van der Waals surface area contributed by atoms with Crippen molar-refractivity contribution in [1.29, 1.82) is 0 Å². The molecule has 0 bridgehead atoms. The number of halogens is 1. The molecule has 0 spiro atoms. The van der Waals surface area contributed by atoms with Crippen molar-refractivity contribution in [3.8, 4) is 5.69 Å². The third-order valence-corrected chi connectivity index (χ3v) is 3.66. The molecule has 2 rings (SSSR count). The molecule has 0 fully saturated rings. The molecule has 3 nitrogen and oxygen atoms in total. The van der Waals surface area contributed by atoms with Gasteiger partial charge in [0.05, 0.1) is 10.7 Å². The molecule has 0 saturated carbocycles. The average Bonchev–Trinajstić information content (AvgIpc) is 2.86. The molecule has 1 aromatic carbocycles. The van der Waals surface area contributed by atoms with E-state index in [1.807, 2.05) is 25.5 Å². The molecule has 1 N–H and O–H groups in total. The standard InChI is InChI=1S/C15H20ClN3/c1-4-5-15-18-8-9-19(15)14-7-6-12(10-13(14)16)11(2)17-3/h6-11,17H,4-5H2,1-3H3. The van der Waals surface area contributed by atoms with Gasteiger partial charge in [-0.3, -0.25) is 0 Å². The number of aryl methyl sites for hydroxylation is 1. The van der Waals surface area contributed by atoms with E-state index in [2.05, 4.69) is 40.8 Å². The zero-order valence-electron chi connectivity index (χ0n) is 11.7. The van der Waals surface area contributed by atoms with Crippen molar-refractivity contribution in [2.75, 3.05) is 7.05 Å². The predicted octanol–water partition coefficient (Wildman–Crippen LogP) is 3.76. The van der Waals surface area contributed by atoms with Crippen LogP contribution in [-0.4, -0.2) is 16.6 Å². The summed E-state index contributed by atoms with van der Waals surface area (Å²) in [6, 6.07) is 6.49. The van der Waals surface area contributed by atoms with E-state index in [1.165, 1.54) is 5.56 Å². The van der Waals surface area contributed by atoms with Gasteiger partial charge in [0.1, 0.15) is 5.82 Å². The lowest BCUT2D eigenvalue weighted by atomic mass is 10.1. The zero-order valence-corrected chi connectivity index (χ0v) is 12.4. The summed E-state index contributed by atoms with van der Waals surface area (Å²) in [5, 5.41) is 3.98. The predicted molar refractivity (Wildman–Crippen MR) is 80.0 cm³/mol. The first-order valence-corrected chi connectivity index (χ1v) is 7.04. The largest absolute Gasteiger partial charge is 0.313 e. The average molecular weight is 278 g/mol. The summed E-state index contributed by atoms with van der Waals surface area (Å²) in [5.74, 6) is 1.05. The fourth-order valence-electron chi connectivity index (χ4n) is 2.12. The maximum Gasteiger partial charge on any atom is 0.113 e. The fourth-order valence-corrected chi connectivity index (χ4v) is 2.40. The normalized spacial score (nSPS) is 12.6. The van der Waals surface area contributed by atoms with Crippen LogP contribution in [0.15, 0.2) is 30.6 Å². The number of hydrogen-bond acceptors (Lipinski definition) is 2. The van der Waals surface area contributed by atoms with Gasteiger partial charge in [0.15, 0.2) is 0 Å². The minimum absolute atomic E-state index is 0.296. The van der Waals surface area contributed by atoms with Gasteiger partial charge in [-0.2, -0.15) is 0 Å². The van der Waals surface area contributed by atoms with Crippen molar-refractivity contribution in [2.24, 2.45) is 0 Å². The van der Waals surface area contributed by atoms with Crippen LogP contribution in [0.25, 0.3) is 5.69 Å². The summed E-state index contributed by atoms with van der Waals surface area (Å²) >= 11 is 6.42. The van der Waals surface area contributed by atoms with E-state index in [0.717, 1.165) is 29.4 Å². The Hall–Kier alpha value is -1.32. The number of aromatic nitrogens is 2. The van der Waals surface area contributed by atoms with Crippen LogP contribution in [0.2, 0.25) is 5.02 Å². The number of rotatable bonds is 5. The van der Waals surface area contributed by atoms with Crippen molar-refractivity contribution < 1.29 is 0 Å². The van der Waals surface area contributed by atoms with E-state index >= 15 is 0 Å². The molecule has 0 saturated heterocycles.